The maximum Gasteiger partial charge on any atom is 0.243 e. The molecule has 0 bridgehead atoms. The summed E-state index contributed by atoms with van der Waals surface area (Å²) < 4.78 is 27.0. The van der Waals surface area contributed by atoms with Crippen molar-refractivity contribution in [3.05, 3.63) is 54.4 Å². The number of anilines is 1. The van der Waals surface area contributed by atoms with Crippen molar-refractivity contribution in [1.29, 1.82) is 0 Å². The number of aromatic nitrogens is 2. The van der Waals surface area contributed by atoms with Crippen LogP contribution < -0.4 is 4.90 Å². The fourth-order valence-corrected chi connectivity index (χ4v) is 4.69. The number of aryl methyl sites for hydroxylation is 1. The van der Waals surface area contributed by atoms with Gasteiger partial charge in [0.1, 0.15) is 5.82 Å². The maximum atomic E-state index is 12.7. The Morgan fingerprint density at radius 3 is 2.44 bits per heavy atom. The second kappa shape index (κ2) is 6.16. The quantitative estimate of drug-likeness (QED) is 0.782. The molecule has 0 unspecified atom stereocenters. The summed E-state index contributed by atoms with van der Waals surface area (Å²) in [6.07, 6.45) is 0. The second-order valence-corrected chi connectivity index (χ2v) is 8.17. The van der Waals surface area contributed by atoms with Crippen LogP contribution in [0.2, 0.25) is 0 Å². The normalized spacial score (nSPS) is 16.4. The minimum Gasteiger partial charge on any atom is -0.369 e. The van der Waals surface area contributed by atoms with Crippen LogP contribution >= 0.6 is 0 Å². The van der Waals surface area contributed by atoms with E-state index in [1.54, 1.807) is 28.6 Å². The lowest BCUT2D eigenvalue weighted by Gasteiger charge is -2.35. The Hall–Kier alpha value is -2.38. The van der Waals surface area contributed by atoms with Crippen molar-refractivity contribution in [1.82, 2.24) is 14.3 Å². The molecule has 2 aromatic carbocycles. The molecule has 1 aliphatic heterocycles. The van der Waals surface area contributed by atoms with Gasteiger partial charge in [-0.3, -0.25) is 0 Å². The summed E-state index contributed by atoms with van der Waals surface area (Å²) in [6, 6.07) is 14.8. The Morgan fingerprint density at radius 1 is 1.00 bits per heavy atom. The van der Waals surface area contributed by atoms with Crippen molar-refractivity contribution in [3.8, 4) is 0 Å². The third-order valence-electron chi connectivity index (χ3n) is 4.57. The van der Waals surface area contributed by atoms with Crippen LogP contribution in [0.5, 0.6) is 0 Å². The Balaban J connectivity index is 1.50. The van der Waals surface area contributed by atoms with Gasteiger partial charge in [-0.15, -0.1) is 0 Å². The van der Waals surface area contributed by atoms with E-state index in [1.165, 1.54) is 0 Å². The van der Waals surface area contributed by atoms with Gasteiger partial charge >= 0.3 is 0 Å². The third kappa shape index (κ3) is 3.01. The largest absolute Gasteiger partial charge is 0.369 e. The second-order valence-electron chi connectivity index (χ2n) is 6.23. The van der Waals surface area contributed by atoms with E-state index in [-0.39, 0.29) is 0 Å². The summed E-state index contributed by atoms with van der Waals surface area (Å²) in [7, 11) is -3.41. The van der Waals surface area contributed by atoms with Crippen molar-refractivity contribution < 1.29 is 8.42 Å². The number of hydrogen-bond acceptors (Lipinski definition) is 4. The van der Waals surface area contributed by atoms with Gasteiger partial charge in [0.15, 0.2) is 0 Å². The monoisotopic (exact) mass is 356 g/mol. The van der Waals surface area contributed by atoms with Crippen molar-refractivity contribution >= 4 is 26.7 Å². The number of sulfonamides is 1. The van der Waals surface area contributed by atoms with Gasteiger partial charge < -0.3 is 9.88 Å². The van der Waals surface area contributed by atoms with Crippen LogP contribution in [0.25, 0.3) is 11.0 Å². The van der Waals surface area contributed by atoms with Crippen LogP contribution in [0.1, 0.15) is 5.82 Å². The summed E-state index contributed by atoms with van der Waals surface area (Å²) in [5, 5.41) is 0. The molecule has 1 N–H and O–H groups in total. The van der Waals surface area contributed by atoms with Gasteiger partial charge in [-0.1, -0.05) is 18.2 Å². The van der Waals surface area contributed by atoms with Crippen LogP contribution in [-0.4, -0.2) is 48.9 Å². The Morgan fingerprint density at radius 2 is 1.72 bits per heavy atom. The zero-order chi connectivity index (χ0) is 17.4. The highest BCUT2D eigenvalue weighted by Gasteiger charge is 2.28. The van der Waals surface area contributed by atoms with Crippen LogP contribution in [0.3, 0.4) is 0 Å². The minimum atomic E-state index is -3.41. The number of piperazine rings is 1. The van der Waals surface area contributed by atoms with Crippen molar-refractivity contribution in [2.75, 3.05) is 31.1 Å². The van der Waals surface area contributed by atoms with Crippen molar-refractivity contribution in [2.24, 2.45) is 0 Å². The highest BCUT2D eigenvalue weighted by atomic mass is 32.2. The van der Waals surface area contributed by atoms with E-state index in [1.807, 2.05) is 25.1 Å². The van der Waals surface area contributed by atoms with E-state index in [4.69, 9.17) is 0 Å². The summed E-state index contributed by atoms with van der Waals surface area (Å²) >= 11 is 0. The average Bonchev–Trinajstić information content (AvgIpc) is 3.01. The molecule has 1 aliphatic rings. The summed E-state index contributed by atoms with van der Waals surface area (Å²) in [6.45, 7) is 4.25. The fraction of sp³-hybridized carbons (Fsp3) is 0.278. The molecular formula is C18H20N4O2S. The number of hydrogen-bond donors (Lipinski definition) is 1. The maximum absolute atomic E-state index is 12.7. The molecule has 0 saturated carbocycles. The van der Waals surface area contributed by atoms with E-state index in [0.717, 1.165) is 22.5 Å². The topological polar surface area (TPSA) is 69.3 Å². The predicted octanol–water partition coefficient (Wildman–Crippen LogP) is 2.38. The number of nitrogens with one attached hydrogen (secondary N) is 1. The summed E-state index contributed by atoms with van der Waals surface area (Å²) in [4.78, 5) is 10.2. The minimum absolute atomic E-state index is 0.359. The molecule has 0 radical (unpaired) electrons. The van der Waals surface area contributed by atoms with Crippen LogP contribution in [0.4, 0.5) is 5.69 Å². The van der Waals surface area contributed by atoms with Crippen molar-refractivity contribution in [3.63, 3.8) is 0 Å². The Labute approximate surface area is 147 Å². The molecular weight excluding hydrogens is 336 g/mol. The lowest BCUT2D eigenvalue weighted by atomic mass is 10.2. The average molecular weight is 356 g/mol. The zero-order valence-electron chi connectivity index (χ0n) is 14.0. The summed E-state index contributed by atoms with van der Waals surface area (Å²) in [5.41, 5.74) is 3.05. The lowest BCUT2D eigenvalue weighted by molar-refractivity contribution is 0.385. The van der Waals surface area contributed by atoms with Crippen LogP contribution in [0, 0.1) is 6.92 Å². The van der Waals surface area contributed by atoms with Crippen LogP contribution in [0.15, 0.2) is 53.4 Å². The molecule has 7 heteroatoms. The molecule has 1 fully saturated rings. The molecule has 1 aromatic heterocycles. The third-order valence-corrected chi connectivity index (χ3v) is 6.48. The molecule has 130 valence electrons. The van der Waals surface area contributed by atoms with Crippen molar-refractivity contribution in [2.45, 2.75) is 11.8 Å². The highest BCUT2D eigenvalue weighted by Crippen LogP contribution is 2.24. The van der Waals surface area contributed by atoms with E-state index in [9.17, 15) is 8.42 Å². The number of rotatable bonds is 3. The van der Waals surface area contributed by atoms with Gasteiger partial charge in [-0.05, 0) is 37.3 Å². The lowest BCUT2D eigenvalue weighted by Crippen LogP contribution is -2.48. The molecule has 3 aromatic rings. The molecule has 25 heavy (non-hydrogen) atoms. The van der Waals surface area contributed by atoms with Gasteiger partial charge in [0, 0.05) is 31.9 Å². The number of fused-ring (bicyclic) bond motifs is 1. The smallest absolute Gasteiger partial charge is 0.243 e. The van der Waals surface area contributed by atoms with Gasteiger partial charge in [-0.25, -0.2) is 13.4 Å². The molecule has 0 aliphatic carbocycles. The van der Waals surface area contributed by atoms with E-state index < -0.39 is 10.0 Å². The van der Waals surface area contributed by atoms with E-state index >= 15 is 0 Å². The molecule has 0 amide bonds. The standard InChI is InChI=1S/C18H20N4O2S/c1-14-19-17-8-7-15(13-18(17)20-14)21-9-11-22(12-10-21)25(23,24)16-5-3-2-4-6-16/h2-8,13H,9-12H2,1H3,(H,19,20). The Bertz CT molecular complexity index is 990. The first-order valence-corrected chi connectivity index (χ1v) is 9.74. The van der Waals surface area contributed by atoms with E-state index in [2.05, 4.69) is 20.9 Å². The number of benzene rings is 2. The van der Waals surface area contributed by atoms with Gasteiger partial charge in [-0.2, -0.15) is 4.31 Å². The number of imidazole rings is 1. The number of aromatic amines is 1. The molecule has 0 spiro atoms. The molecule has 4 rings (SSSR count). The molecule has 6 nitrogen and oxygen atoms in total. The number of H-pyrrole nitrogens is 1. The number of nitrogens with zero attached hydrogens (tertiary/aromatic N) is 3. The fourth-order valence-electron chi connectivity index (χ4n) is 3.25. The molecule has 0 atom stereocenters. The molecule has 2 heterocycles. The zero-order valence-corrected chi connectivity index (χ0v) is 14.8. The SMILES string of the molecule is Cc1nc2ccc(N3CCN(S(=O)(=O)c4ccccc4)CC3)cc2[nH]1. The molecule has 1 saturated heterocycles. The van der Waals surface area contributed by atoms with Gasteiger partial charge in [0.05, 0.1) is 15.9 Å². The highest BCUT2D eigenvalue weighted by molar-refractivity contribution is 7.89. The Kier molecular flexibility index (Phi) is 3.97. The van der Waals surface area contributed by atoms with E-state index in [0.29, 0.717) is 31.1 Å². The predicted molar refractivity (Wildman–Crippen MR) is 98.2 cm³/mol. The first kappa shape index (κ1) is 16.1. The first-order valence-electron chi connectivity index (χ1n) is 8.30. The summed E-state index contributed by atoms with van der Waals surface area (Å²) in [5.74, 6) is 0.894. The van der Waals surface area contributed by atoms with Gasteiger partial charge in [0.2, 0.25) is 10.0 Å². The first-order chi connectivity index (χ1) is 12.0. The van der Waals surface area contributed by atoms with Crippen LogP contribution in [-0.2, 0) is 10.0 Å². The van der Waals surface area contributed by atoms with Gasteiger partial charge in [0.25, 0.3) is 0 Å².